The first-order valence-electron chi connectivity index (χ1n) is 12.1. The molecule has 1 aromatic heterocycles. The first-order valence-corrected chi connectivity index (χ1v) is 12.1. The van der Waals surface area contributed by atoms with Gasteiger partial charge in [-0.15, -0.1) is 0 Å². The Kier molecular flexibility index (Phi) is 6.26. The predicted octanol–water partition coefficient (Wildman–Crippen LogP) is 5.32. The second-order valence-electron chi connectivity index (χ2n) is 8.93. The van der Waals surface area contributed by atoms with E-state index in [2.05, 4.69) is 19.1 Å². The summed E-state index contributed by atoms with van der Waals surface area (Å²) in [5, 5.41) is 0.578. The molecule has 172 valence electrons. The van der Waals surface area contributed by atoms with E-state index in [9.17, 15) is 9.59 Å². The second-order valence-corrected chi connectivity index (χ2v) is 8.93. The van der Waals surface area contributed by atoms with Crippen LogP contribution in [0, 0.1) is 5.92 Å². The highest BCUT2D eigenvalue weighted by Crippen LogP contribution is 2.35. The van der Waals surface area contributed by atoms with Crippen molar-refractivity contribution < 1.29 is 4.79 Å². The van der Waals surface area contributed by atoms with Gasteiger partial charge in [0.2, 0.25) is 5.91 Å². The highest BCUT2D eigenvalue weighted by Gasteiger charge is 2.37. The van der Waals surface area contributed by atoms with Crippen LogP contribution in [0.3, 0.4) is 0 Å². The first-order chi connectivity index (χ1) is 16.7. The van der Waals surface area contributed by atoms with Crippen molar-refractivity contribution in [3.05, 3.63) is 107 Å². The van der Waals surface area contributed by atoms with Crippen molar-refractivity contribution in [3.8, 4) is 5.69 Å². The van der Waals surface area contributed by atoms with Crippen LogP contribution in [0.4, 0.5) is 0 Å². The van der Waals surface area contributed by atoms with Crippen LogP contribution in [-0.2, 0) is 11.2 Å². The Hall–Kier alpha value is -3.73. The van der Waals surface area contributed by atoms with Crippen molar-refractivity contribution in [2.45, 2.75) is 38.6 Å². The number of nitrogens with zero attached hydrogens (tertiary/aromatic N) is 3. The minimum Gasteiger partial charge on any atom is -0.332 e. The molecule has 5 nitrogen and oxygen atoms in total. The van der Waals surface area contributed by atoms with Crippen molar-refractivity contribution >= 4 is 16.8 Å². The second kappa shape index (κ2) is 9.64. The van der Waals surface area contributed by atoms with Gasteiger partial charge in [0.15, 0.2) is 0 Å². The minimum atomic E-state index is -0.297. The molecule has 1 aliphatic carbocycles. The summed E-state index contributed by atoms with van der Waals surface area (Å²) >= 11 is 0. The average molecular weight is 452 g/mol. The number of hydrogen-bond acceptors (Lipinski definition) is 3. The Morgan fingerprint density at radius 3 is 2.29 bits per heavy atom. The average Bonchev–Trinajstić information content (AvgIpc) is 3.73. The van der Waals surface area contributed by atoms with Crippen molar-refractivity contribution in [2.24, 2.45) is 5.92 Å². The fourth-order valence-electron chi connectivity index (χ4n) is 4.62. The van der Waals surface area contributed by atoms with E-state index in [1.165, 1.54) is 5.56 Å². The molecule has 0 saturated heterocycles. The number of amides is 1. The van der Waals surface area contributed by atoms with Crippen molar-refractivity contribution in [3.63, 3.8) is 0 Å². The van der Waals surface area contributed by atoms with Gasteiger partial charge in [-0.3, -0.25) is 14.2 Å². The molecule has 0 aliphatic heterocycles. The molecule has 4 aromatic rings. The van der Waals surface area contributed by atoms with Gasteiger partial charge < -0.3 is 4.90 Å². The lowest BCUT2D eigenvalue weighted by atomic mass is 10.1. The smallest absolute Gasteiger partial charge is 0.266 e. The SMILES string of the molecule is CCC(c1nc2ccccc2c(=O)n1-c1ccccc1)N(CCc1ccccc1)C(=O)C1CC1. The fourth-order valence-corrected chi connectivity index (χ4v) is 4.62. The lowest BCUT2D eigenvalue weighted by molar-refractivity contribution is -0.135. The van der Waals surface area contributed by atoms with E-state index >= 15 is 0 Å². The Morgan fingerprint density at radius 2 is 1.62 bits per heavy atom. The largest absolute Gasteiger partial charge is 0.332 e. The number of hydrogen-bond donors (Lipinski definition) is 0. The molecule has 1 atom stereocenters. The number of rotatable bonds is 8. The molecule has 1 fully saturated rings. The van der Waals surface area contributed by atoms with E-state index in [1.807, 2.05) is 77.7 Å². The molecule has 0 N–H and O–H groups in total. The van der Waals surface area contributed by atoms with Gasteiger partial charge in [-0.05, 0) is 55.5 Å². The molecule has 3 aromatic carbocycles. The summed E-state index contributed by atoms with van der Waals surface area (Å²) in [5.74, 6) is 0.881. The molecular formula is C29H29N3O2. The molecular weight excluding hydrogens is 422 g/mol. The predicted molar refractivity (Wildman–Crippen MR) is 135 cm³/mol. The quantitative estimate of drug-likeness (QED) is 0.364. The maximum Gasteiger partial charge on any atom is 0.266 e. The van der Waals surface area contributed by atoms with Crippen LogP contribution >= 0.6 is 0 Å². The molecule has 5 heteroatoms. The van der Waals surface area contributed by atoms with Gasteiger partial charge in [-0.1, -0.05) is 67.6 Å². The summed E-state index contributed by atoms with van der Waals surface area (Å²) < 4.78 is 1.70. The Balaban J connectivity index is 1.63. The van der Waals surface area contributed by atoms with Crippen molar-refractivity contribution in [2.75, 3.05) is 6.54 Å². The monoisotopic (exact) mass is 451 g/mol. The molecule has 1 aliphatic rings. The number of para-hydroxylation sites is 2. The minimum absolute atomic E-state index is 0.0853. The number of carbonyl (C=O) groups excluding carboxylic acids is 1. The third-order valence-corrected chi connectivity index (χ3v) is 6.57. The number of carbonyl (C=O) groups is 1. The van der Waals surface area contributed by atoms with Gasteiger partial charge in [0, 0.05) is 12.5 Å². The third kappa shape index (κ3) is 4.38. The summed E-state index contributed by atoms with van der Waals surface area (Å²) in [6.45, 7) is 2.66. The molecule has 0 radical (unpaired) electrons. The van der Waals surface area contributed by atoms with Crippen LogP contribution in [0.5, 0.6) is 0 Å². The normalized spacial score (nSPS) is 14.1. The maximum absolute atomic E-state index is 13.7. The van der Waals surface area contributed by atoms with E-state index in [-0.39, 0.29) is 23.4 Å². The molecule has 5 rings (SSSR count). The zero-order chi connectivity index (χ0) is 23.5. The van der Waals surface area contributed by atoms with Crippen LogP contribution in [-0.4, -0.2) is 26.9 Å². The van der Waals surface area contributed by atoms with E-state index in [4.69, 9.17) is 4.98 Å². The van der Waals surface area contributed by atoms with Gasteiger partial charge in [0.1, 0.15) is 5.82 Å². The van der Waals surface area contributed by atoms with Gasteiger partial charge in [-0.2, -0.15) is 0 Å². The summed E-state index contributed by atoms with van der Waals surface area (Å²) in [6, 6.07) is 27.0. The van der Waals surface area contributed by atoms with Crippen LogP contribution in [0.15, 0.2) is 89.7 Å². The lowest BCUT2D eigenvalue weighted by Gasteiger charge is -2.32. The highest BCUT2D eigenvalue weighted by molar-refractivity contribution is 5.82. The van der Waals surface area contributed by atoms with E-state index in [0.29, 0.717) is 29.7 Å². The Bertz CT molecular complexity index is 1340. The topological polar surface area (TPSA) is 55.2 Å². The summed E-state index contributed by atoms with van der Waals surface area (Å²) in [4.78, 5) is 34.2. The number of aromatic nitrogens is 2. The van der Waals surface area contributed by atoms with Crippen molar-refractivity contribution in [1.82, 2.24) is 14.5 Å². The zero-order valence-corrected chi connectivity index (χ0v) is 19.4. The summed E-state index contributed by atoms with van der Waals surface area (Å²) in [5.41, 5.74) is 2.51. The Morgan fingerprint density at radius 1 is 0.971 bits per heavy atom. The van der Waals surface area contributed by atoms with Crippen LogP contribution in [0.1, 0.15) is 43.6 Å². The van der Waals surface area contributed by atoms with Gasteiger partial charge in [0.05, 0.1) is 22.6 Å². The Labute approximate surface area is 199 Å². The molecule has 1 unspecified atom stereocenters. The van der Waals surface area contributed by atoms with E-state index in [0.717, 1.165) is 24.9 Å². The highest BCUT2D eigenvalue weighted by atomic mass is 16.2. The van der Waals surface area contributed by atoms with Crippen LogP contribution in [0.25, 0.3) is 16.6 Å². The van der Waals surface area contributed by atoms with Crippen molar-refractivity contribution in [1.29, 1.82) is 0 Å². The molecule has 0 bridgehead atoms. The van der Waals surface area contributed by atoms with Crippen LogP contribution in [0.2, 0.25) is 0 Å². The number of benzene rings is 3. The molecule has 1 amide bonds. The van der Waals surface area contributed by atoms with Gasteiger partial charge in [0.25, 0.3) is 5.56 Å². The third-order valence-electron chi connectivity index (χ3n) is 6.57. The van der Waals surface area contributed by atoms with Gasteiger partial charge in [-0.25, -0.2) is 4.98 Å². The first kappa shape index (κ1) is 22.1. The molecule has 0 spiro atoms. The summed E-state index contributed by atoms with van der Waals surface area (Å²) in [6.07, 6.45) is 3.31. The molecule has 34 heavy (non-hydrogen) atoms. The van der Waals surface area contributed by atoms with Gasteiger partial charge >= 0.3 is 0 Å². The zero-order valence-electron chi connectivity index (χ0n) is 19.4. The summed E-state index contributed by atoms with van der Waals surface area (Å²) in [7, 11) is 0. The number of fused-ring (bicyclic) bond motifs is 1. The van der Waals surface area contributed by atoms with E-state index < -0.39 is 0 Å². The standard InChI is InChI=1S/C29H29N3O2/c1-2-26(31(28(33)22-17-18-22)20-19-21-11-5-3-6-12-21)27-30-25-16-10-9-15-24(25)29(34)32(27)23-13-7-4-8-14-23/h3-16,22,26H,2,17-20H2,1H3. The van der Waals surface area contributed by atoms with E-state index in [1.54, 1.807) is 4.57 Å². The van der Waals surface area contributed by atoms with Crippen LogP contribution < -0.4 is 5.56 Å². The fraction of sp³-hybridized carbons (Fsp3) is 0.276. The maximum atomic E-state index is 13.7. The molecule has 1 heterocycles. The molecule has 1 saturated carbocycles. The lowest BCUT2D eigenvalue weighted by Crippen LogP contribution is -2.40.